The van der Waals surface area contributed by atoms with Crippen LogP contribution in [0.4, 0.5) is 23.1 Å². The van der Waals surface area contributed by atoms with Crippen LogP contribution >= 0.6 is 0 Å². The first-order chi connectivity index (χ1) is 18.4. The van der Waals surface area contributed by atoms with E-state index in [9.17, 15) is 9.59 Å². The standard InChI is InChI=1S/C28H37N7O3/c1-33-14-10-19(11-15-33)30-25(36)18-8-9-21(23(16-18)38-3)31-27-29-17-22-24(32-27)35(20-6-4-5-7-20)28(12-13-28)26(37)34(22)2/h8-9,16-17,19-20H,4-7,10-15H2,1-3H3,(H,30,36)(H,29,31,32). The smallest absolute Gasteiger partial charge is 0.252 e. The van der Waals surface area contributed by atoms with E-state index in [-0.39, 0.29) is 17.9 Å². The number of hydrogen-bond donors (Lipinski definition) is 2. The summed E-state index contributed by atoms with van der Waals surface area (Å²) in [6.45, 7) is 1.97. The molecule has 3 heterocycles. The molecule has 1 spiro atoms. The molecule has 3 fully saturated rings. The molecule has 6 rings (SSSR count). The number of likely N-dealkylation sites (N-methyl/N-ethyl adjacent to an activating group) is 1. The number of likely N-dealkylation sites (tertiary alicyclic amines) is 1. The SMILES string of the molecule is COc1cc(C(=O)NC2CCN(C)CC2)ccc1Nc1ncc2c(n1)N(C1CCCC1)C1(CC1)C(=O)N2C. The first kappa shape index (κ1) is 24.9. The zero-order valence-electron chi connectivity index (χ0n) is 22.5. The number of ether oxygens (including phenoxy) is 1. The number of hydrogen-bond acceptors (Lipinski definition) is 8. The summed E-state index contributed by atoms with van der Waals surface area (Å²) in [5.41, 5.74) is 1.53. The highest BCUT2D eigenvalue weighted by atomic mass is 16.5. The second-order valence-corrected chi connectivity index (χ2v) is 11.2. The Bertz CT molecular complexity index is 1230. The van der Waals surface area contributed by atoms with Crippen LogP contribution in [0.5, 0.6) is 5.75 Å². The molecule has 1 aromatic carbocycles. The molecule has 1 aromatic heterocycles. The number of piperidine rings is 1. The number of amides is 2. The van der Waals surface area contributed by atoms with Crippen molar-refractivity contribution in [2.24, 2.45) is 0 Å². The number of benzene rings is 1. The van der Waals surface area contributed by atoms with Gasteiger partial charge in [-0.1, -0.05) is 12.8 Å². The van der Waals surface area contributed by atoms with Crippen molar-refractivity contribution < 1.29 is 14.3 Å². The van der Waals surface area contributed by atoms with Crippen molar-refractivity contribution in [3.8, 4) is 5.75 Å². The molecule has 10 heteroatoms. The zero-order chi connectivity index (χ0) is 26.4. The largest absolute Gasteiger partial charge is 0.495 e. The van der Waals surface area contributed by atoms with Gasteiger partial charge in [0.25, 0.3) is 11.8 Å². The fourth-order valence-electron chi connectivity index (χ4n) is 6.30. The highest BCUT2D eigenvalue weighted by molar-refractivity contribution is 6.09. The van der Waals surface area contributed by atoms with Crippen LogP contribution in [0.3, 0.4) is 0 Å². The van der Waals surface area contributed by atoms with Crippen LogP contribution in [-0.4, -0.2) is 78.6 Å². The van der Waals surface area contributed by atoms with Gasteiger partial charge in [-0.05, 0) is 76.9 Å². The Hall–Kier alpha value is -3.40. The molecule has 202 valence electrons. The van der Waals surface area contributed by atoms with Gasteiger partial charge in [-0.15, -0.1) is 0 Å². The molecule has 0 radical (unpaired) electrons. The van der Waals surface area contributed by atoms with Crippen LogP contribution in [0.1, 0.15) is 61.7 Å². The van der Waals surface area contributed by atoms with Crippen LogP contribution in [0.2, 0.25) is 0 Å². The van der Waals surface area contributed by atoms with E-state index in [0.29, 0.717) is 29.0 Å². The van der Waals surface area contributed by atoms with Crippen molar-refractivity contribution in [1.82, 2.24) is 20.2 Å². The summed E-state index contributed by atoms with van der Waals surface area (Å²) in [7, 11) is 5.52. The fraction of sp³-hybridized carbons (Fsp3) is 0.571. The first-order valence-electron chi connectivity index (χ1n) is 13.8. The lowest BCUT2D eigenvalue weighted by molar-refractivity contribution is -0.121. The van der Waals surface area contributed by atoms with Crippen LogP contribution in [-0.2, 0) is 4.79 Å². The fourth-order valence-corrected chi connectivity index (χ4v) is 6.30. The molecule has 2 N–H and O–H groups in total. The Labute approximate surface area is 223 Å². The van der Waals surface area contributed by atoms with Gasteiger partial charge in [0.15, 0.2) is 5.82 Å². The van der Waals surface area contributed by atoms with E-state index in [1.807, 2.05) is 13.1 Å². The quantitative estimate of drug-likeness (QED) is 0.599. The van der Waals surface area contributed by atoms with Crippen LogP contribution in [0.15, 0.2) is 24.4 Å². The monoisotopic (exact) mass is 519 g/mol. The van der Waals surface area contributed by atoms with Gasteiger partial charge in [-0.2, -0.15) is 4.98 Å². The van der Waals surface area contributed by atoms with E-state index in [2.05, 4.69) is 32.5 Å². The highest BCUT2D eigenvalue weighted by Gasteiger charge is 2.61. The summed E-state index contributed by atoms with van der Waals surface area (Å²) in [6, 6.07) is 5.89. The summed E-state index contributed by atoms with van der Waals surface area (Å²) in [4.78, 5) is 42.0. The van der Waals surface area contributed by atoms with Crippen molar-refractivity contribution in [2.75, 3.05) is 49.4 Å². The Morgan fingerprint density at radius 2 is 1.84 bits per heavy atom. The summed E-state index contributed by atoms with van der Waals surface area (Å²) < 4.78 is 5.63. The van der Waals surface area contributed by atoms with Crippen molar-refractivity contribution in [3.05, 3.63) is 30.0 Å². The van der Waals surface area contributed by atoms with Gasteiger partial charge in [-0.25, -0.2) is 4.98 Å². The third kappa shape index (κ3) is 4.34. The van der Waals surface area contributed by atoms with E-state index >= 15 is 0 Å². The lowest BCUT2D eigenvalue weighted by Gasteiger charge is -2.44. The Morgan fingerprint density at radius 3 is 2.53 bits per heavy atom. The summed E-state index contributed by atoms with van der Waals surface area (Å²) >= 11 is 0. The lowest BCUT2D eigenvalue weighted by Crippen LogP contribution is -2.58. The molecule has 4 aliphatic rings. The van der Waals surface area contributed by atoms with E-state index < -0.39 is 5.54 Å². The number of carbonyl (C=O) groups excluding carboxylic acids is 2. The molecule has 0 unspecified atom stereocenters. The second kappa shape index (κ2) is 9.72. The average Bonchev–Trinajstić information content (AvgIpc) is 3.53. The molecule has 2 aliphatic carbocycles. The molecule has 38 heavy (non-hydrogen) atoms. The maximum absolute atomic E-state index is 13.3. The molecular weight excluding hydrogens is 482 g/mol. The summed E-state index contributed by atoms with van der Waals surface area (Å²) in [5.74, 6) is 1.86. The topological polar surface area (TPSA) is 103 Å². The molecule has 1 saturated heterocycles. The third-order valence-corrected chi connectivity index (χ3v) is 8.68. The number of methoxy groups -OCH3 is 1. The molecule has 0 atom stereocenters. The molecule has 2 aliphatic heterocycles. The summed E-state index contributed by atoms with van der Waals surface area (Å²) in [5, 5.41) is 6.46. The van der Waals surface area contributed by atoms with Gasteiger partial charge in [0.1, 0.15) is 17.0 Å². The predicted molar refractivity (Wildman–Crippen MR) is 146 cm³/mol. The molecule has 2 aromatic rings. The maximum atomic E-state index is 13.3. The van der Waals surface area contributed by atoms with Gasteiger partial charge in [0, 0.05) is 24.7 Å². The Morgan fingerprint density at radius 1 is 1.11 bits per heavy atom. The lowest BCUT2D eigenvalue weighted by atomic mass is 10.0. The van der Waals surface area contributed by atoms with Gasteiger partial charge in [-0.3, -0.25) is 9.59 Å². The van der Waals surface area contributed by atoms with E-state index in [4.69, 9.17) is 9.72 Å². The van der Waals surface area contributed by atoms with Gasteiger partial charge < -0.3 is 30.1 Å². The van der Waals surface area contributed by atoms with Crippen LogP contribution in [0, 0.1) is 0 Å². The number of aromatic nitrogens is 2. The molecule has 0 bridgehead atoms. The number of nitrogens with zero attached hydrogens (tertiary/aromatic N) is 5. The van der Waals surface area contributed by atoms with Gasteiger partial charge in [0.05, 0.1) is 19.0 Å². The number of carbonyl (C=O) groups is 2. The van der Waals surface area contributed by atoms with E-state index in [0.717, 1.165) is 63.1 Å². The number of fused-ring (bicyclic) bond motifs is 1. The molecule has 10 nitrogen and oxygen atoms in total. The Balaban J connectivity index is 1.24. The molecular formula is C28H37N7O3. The number of anilines is 4. The first-order valence-corrected chi connectivity index (χ1v) is 13.8. The van der Waals surface area contributed by atoms with Crippen molar-refractivity contribution in [1.29, 1.82) is 0 Å². The third-order valence-electron chi connectivity index (χ3n) is 8.68. The van der Waals surface area contributed by atoms with Crippen LogP contribution < -0.4 is 25.2 Å². The van der Waals surface area contributed by atoms with E-state index in [1.54, 1.807) is 30.3 Å². The minimum absolute atomic E-state index is 0.0934. The summed E-state index contributed by atoms with van der Waals surface area (Å²) in [6.07, 6.45) is 9.91. The predicted octanol–water partition coefficient (Wildman–Crippen LogP) is 3.31. The van der Waals surface area contributed by atoms with Gasteiger partial charge in [0.2, 0.25) is 5.95 Å². The minimum Gasteiger partial charge on any atom is -0.495 e. The zero-order valence-corrected chi connectivity index (χ0v) is 22.5. The van der Waals surface area contributed by atoms with Gasteiger partial charge >= 0.3 is 0 Å². The molecule has 2 amide bonds. The number of rotatable bonds is 6. The van der Waals surface area contributed by atoms with E-state index in [1.165, 1.54) is 12.8 Å². The number of nitrogens with one attached hydrogen (secondary N) is 2. The second-order valence-electron chi connectivity index (χ2n) is 11.2. The van der Waals surface area contributed by atoms with Crippen molar-refractivity contribution in [3.63, 3.8) is 0 Å². The highest BCUT2D eigenvalue weighted by Crippen LogP contribution is 2.53. The average molecular weight is 520 g/mol. The Kier molecular flexibility index (Phi) is 6.37. The van der Waals surface area contributed by atoms with Crippen molar-refractivity contribution in [2.45, 2.75) is 69.0 Å². The minimum atomic E-state index is -0.456. The van der Waals surface area contributed by atoms with Crippen LogP contribution in [0.25, 0.3) is 0 Å². The van der Waals surface area contributed by atoms with Crippen molar-refractivity contribution >= 4 is 35.0 Å². The maximum Gasteiger partial charge on any atom is 0.252 e. The molecule has 2 saturated carbocycles. The normalized spacial score (nSPS) is 21.5.